The van der Waals surface area contributed by atoms with E-state index in [1.54, 1.807) is 0 Å². The number of fused-ring (bicyclic) bond motifs is 10. The Morgan fingerprint density at radius 2 is 1.32 bits per heavy atom. The molecular formula is C53H37N3O. The molecule has 0 N–H and O–H groups in total. The predicted octanol–water partition coefficient (Wildman–Crippen LogP) is 13.6. The Kier molecular flexibility index (Phi) is 7.15. The first kappa shape index (κ1) is 32.1. The Morgan fingerprint density at radius 3 is 2.14 bits per heavy atom. The lowest BCUT2D eigenvalue weighted by Crippen LogP contribution is -2.28. The fourth-order valence-corrected chi connectivity index (χ4v) is 9.65. The van der Waals surface area contributed by atoms with Gasteiger partial charge in [0.15, 0.2) is 0 Å². The molecule has 57 heavy (non-hydrogen) atoms. The number of benzene rings is 6. The average Bonchev–Trinajstić information content (AvgIpc) is 3.95. The van der Waals surface area contributed by atoms with Crippen LogP contribution in [0.1, 0.15) is 29.2 Å². The molecule has 4 heterocycles. The summed E-state index contributed by atoms with van der Waals surface area (Å²) in [5.41, 5.74) is 15.9. The van der Waals surface area contributed by atoms with Crippen LogP contribution in [0.4, 0.5) is 11.4 Å². The number of pyridine rings is 1. The van der Waals surface area contributed by atoms with E-state index in [-0.39, 0.29) is 12.0 Å². The predicted molar refractivity (Wildman–Crippen MR) is 235 cm³/mol. The van der Waals surface area contributed by atoms with Crippen LogP contribution in [0, 0.1) is 0 Å². The molecule has 3 aromatic heterocycles. The molecule has 0 saturated carbocycles. The Hall–Kier alpha value is -7.17. The van der Waals surface area contributed by atoms with Crippen molar-refractivity contribution in [1.82, 2.24) is 9.55 Å². The fraction of sp³-hybridized carbons (Fsp3) is 0.0755. The van der Waals surface area contributed by atoms with E-state index in [4.69, 9.17) is 9.40 Å². The zero-order chi connectivity index (χ0) is 37.5. The standard InChI is InChI=1S/C53H37N3O/c1-3-15-34(16-4-1)45-32-38(33-46(54-45)35-17-5-2-6-18-35)56-47-26-10-7-21-40(47)42-29-30-49-51(52(42)56)44-23-8-11-27-48(44)55(49)37-20-13-19-36(31-37)39-24-14-25-43-41-22-9-12-28-50(41)57-53(39)43/h1-8,10-21,23-33,40,47H,9,22H2. The summed E-state index contributed by atoms with van der Waals surface area (Å²) >= 11 is 0. The number of nitrogens with zero attached hydrogens (tertiary/aromatic N) is 3. The summed E-state index contributed by atoms with van der Waals surface area (Å²) < 4.78 is 9.01. The molecular weight excluding hydrogens is 695 g/mol. The van der Waals surface area contributed by atoms with E-state index in [1.807, 2.05) is 0 Å². The third-order valence-electron chi connectivity index (χ3n) is 12.2. The molecule has 0 amide bonds. The van der Waals surface area contributed by atoms with Crippen LogP contribution in [-0.4, -0.2) is 15.6 Å². The molecule has 1 aliphatic heterocycles. The van der Waals surface area contributed by atoms with Gasteiger partial charge in [0.2, 0.25) is 0 Å². The highest BCUT2D eigenvalue weighted by Gasteiger charge is 2.40. The first-order valence-electron chi connectivity index (χ1n) is 19.9. The highest BCUT2D eigenvalue weighted by Crippen LogP contribution is 2.53. The molecule has 9 aromatic rings. The minimum atomic E-state index is 0.116. The highest BCUT2D eigenvalue weighted by molar-refractivity contribution is 6.17. The molecule has 2 atom stereocenters. The number of aryl methyl sites for hydroxylation is 1. The highest BCUT2D eigenvalue weighted by atomic mass is 16.3. The van der Waals surface area contributed by atoms with Crippen molar-refractivity contribution in [1.29, 1.82) is 0 Å². The maximum absolute atomic E-state index is 6.56. The third kappa shape index (κ3) is 4.97. The van der Waals surface area contributed by atoms with Crippen LogP contribution < -0.4 is 4.90 Å². The minimum Gasteiger partial charge on any atom is -0.456 e. The van der Waals surface area contributed by atoms with Crippen molar-refractivity contribution in [2.45, 2.75) is 24.8 Å². The number of para-hydroxylation sites is 2. The Bertz CT molecular complexity index is 3090. The van der Waals surface area contributed by atoms with Crippen LogP contribution in [0.5, 0.6) is 0 Å². The van der Waals surface area contributed by atoms with Crippen LogP contribution in [0.2, 0.25) is 0 Å². The zero-order valence-electron chi connectivity index (χ0n) is 31.2. The SMILES string of the molecule is C1=CC2c3ccc4c(c3N(c3cc(-c5ccccc5)nc(-c5ccccc5)c3)C2C=C1)c1ccccc1n4-c1cccc(-c2cccc3c4c(oc23)C=CCC4)c1. The minimum absolute atomic E-state index is 0.116. The second kappa shape index (κ2) is 12.7. The topological polar surface area (TPSA) is 34.2 Å². The lowest BCUT2D eigenvalue weighted by Gasteiger charge is -2.30. The normalized spacial score (nSPS) is 16.7. The number of rotatable bonds is 5. The van der Waals surface area contributed by atoms with Gasteiger partial charge in [-0.25, -0.2) is 4.98 Å². The summed E-state index contributed by atoms with van der Waals surface area (Å²) in [4.78, 5) is 7.85. The molecule has 6 aromatic carbocycles. The van der Waals surface area contributed by atoms with Gasteiger partial charge in [-0.15, -0.1) is 0 Å². The van der Waals surface area contributed by atoms with Crippen molar-refractivity contribution in [3.63, 3.8) is 0 Å². The van der Waals surface area contributed by atoms with E-state index in [2.05, 4.69) is 198 Å². The zero-order valence-corrected chi connectivity index (χ0v) is 31.2. The summed E-state index contributed by atoms with van der Waals surface area (Å²) in [6.07, 6.45) is 15.6. The van der Waals surface area contributed by atoms with Gasteiger partial charge in [-0.2, -0.15) is 0 Å². The smallest absolute Gasteiger partial charge is 0.142 e. The number of hydrogen-bond donors (Lipinski definition) is 0. The van der Waals surface area contributed by atoms with Crippen LogP contribution in [-0.2, 0) is 6.42 Å². The Balaban J connectivity index is 1.09. The number of anilines is 2. The quantitative estimate of drug-likeness (QED) is 0.177. The lowest BCUT2D eigenvalue weighted by molar-refractivity contribution is 0.596. The van der Waals surface area contributed by atoms with Gasteiger partial charge in [0, 0.05) is 55.7 Å². The van der Waals surface area contributed by atoms with Gasteiger partial charge in [0.05, 0.1) is 34.2 Å². The van der Waals surface area contributed by atoms with Crippen molar-refractivity contribution >= 4 is 50.2 Å². The Labute approximate surface area is 331 Å². The summed E-state index contributed by atoms with van der Waals surface area (Å²) in [6, 6.07) is 55.0. The molecule has 12 rings (SSSR count). The Morgan fingerprint density at radius 1 is 0.596 bits per heavy atom. The van der Waals surface area contributed by atoms with E-state index < -0.39 is 0 Å². The third-order valence-corrected chi connectivity index (χ3v) is 12.2. The van der Waals surface area contributed by atoms with Crippen molar-refractivity contribution in [2.24, 2.45) is 0 Å². The second-order valence-corrected chi connectivity index (χ2v) is 15.4. The van der Waals surface area contributed by atoms with E-state index in [0.29, 0.717) is 0 Å². The number of allylic oxidation sites excluding steroid dienone is 3. The van der Waals surface area contributed by atoms with Crippen LogP contribution in [0.25, 0.3) is 78.2 Å². The maximum Gasteiger partial charge on any atom is 0.142 e. The van der Waals surface area contributed by atoms with E-state index in [0.717, 1.165) is 69.2 Å². The van der Waals surface area contributed by atoms with E-state index in [1.165, 1.54) is 44.0 Å². The molecule has 0 saturated heterocycles. The van der Waals surface area contributed by atoms with Crippen LogP contribution in [0.15, 0.2) is 186 Å². The van der Waals surface area contributed by atoms with E-state index >= 15 is 0 Å². The molecule has 0 fully saturated rings. The largest absolute Gasteiger partial charge is 0.456 e. The van der Waals surface area contributed by atoms with Gasteiger partial charge in [-0.1, -0.05) is 146 Å². The van der Waals surface area contributed by atoms with Crippen LogP contribution >= 0.6 is 0 Å². The number of hydrogen-bond acceptors (Lipinski definition) is 3. The molecule has 3 aliphatic rings. The summed E-state index contributed by atoms with van der Waals surface area (Å²) in [5.74, 6) is 1.20. The average molecular weight is 732 g/mol. The van der Waals surface area contributed by atoms with Gasteiger partial charge in [0.25, 0.3) is 0 Å². The summed E-state index contributed by atoms with van der Waals surface area (Å²) in [7, 11) is 0. The van der Waals surface area contributed by atoms with Crippen molar-refractivity contribution in [3.8, 4) is 39.3 Å². The van der Waals surface area contributed by atoms with Gasteiger partial charge in [-0.05, 0) is 66.4 Å². The molecule has 2 unspecified atom stereocenters. The van der Waals surface area contributed by atoms with Crippen LogP contribution in [0.3, 0.4) is 0 Å². The first-order chi connectivity index (χ1) is 28.3. The number of aromatic nitrogens is 2. The van der Waals surface area contributed by atoms with E-state index in [9.17, 15) is 0 Å². The van der Waals surface area contributed by atoms with Crippen molar-refractivity contribution in [2.75, 3.05) is 4.90 Å². The first-order valence-corrected chi connectivity index (χ1v) is 19.9. The monoisotopic (exact) mass is 731 g/mol. The molecule has 0 spiro atoms. The van der Waals surface area contributed by atoms with Gasteiger partial charge in [-0.3, -0.25) is 0 Å². The summed E-state index contributed by atoms with van der Waals surface area (Å²) in [5, 5.41) is 3.72. The van der Waals surface area contributed by atoms with Gasteiger partial charge >= 0.3 is 0 Å². The fourth-order valence-electron chi connectivity index (χ4n) is 9.65. The molecule has 270 valence electrons. The van der Waals surface area contributed by atoms with Gasteiger partial charge in [0.1, 0.15) is 11.3 Å². The molecule has 0 radical (unpaired) electrons. The second-order valence-electron chi connectivity index (χ2n) is 15.4. The lowest BCUT2D eigenvalue weighted by atomic mass is 9.91. The molecule has 0 bridgehead atoms. The van der Waals surface area contributed by atoms with Crippen molar-refractivity contribution in [3.05, 3.63) is 199 Å². The summed E-state index contributed by atoms with van der Waals surface area (Å²) in [6.45, 7) is 0. The maximum atomic E-state index is 6.56. The molecule has 4 heteroatoms. The number of furan rings is 1. The molecule has 4 nitrogen and oxygen atoms in total. The van der Waals surface area contributed by atoms with Gasteiger partial charge < -0.3 is 13.9 Å². The molecule has 2 aliphatic carbocycles. The van der Waals surface area contributed by atoms with Crippen molar-refractivity contribution < 1.29 is 4.42 Å².